The van der Waals surface area contributed by atoms with Crippen LogP contribution in [0.5, 0.6) is 5.75 Å². The molecule has 0 unspecified atom stereocenters. The number of hydrogen-bond acceptors (Lipinski definition) is 6. The number of nitro benzene ring substituents is 1. The van der Waals surface area contributed by atoms with Gasteiger partial charge < -0.3 is 15.4 Å². The third kappa shape index (κ3) is 3.90. The number of hydrogen-bond donors (Lipinski definition) is 2. The van der Waals surface area contributed by atoms with E-state index in [1.165, 1.54) is 0 Å². The lowest BCUT2D eigenvalue weighted by Gasteiger charge is -2.30. The number of carbonyl (C=O) groups excluding carboxylic acids is 1. The lowest BCUT2D eigenvalue weighted by Crippen LogP contribution is -2.27. The number of aryl methyl sites for hydroxylation is 1. The molecule has 1 aliphatic carbocycles. The largest absolute Gasteiger partial charge is 0.497 e. The van der Waals surface area contributed by atoms with Crippen molar-refractivity contribution in [2.45, 2.75) is 31.7 Å². The van der Waals surface area contributed by atoms with Crippen molar-refractivity contribution >= 4 is 22.8 Å². The molecule has 5 rings (SSSR count). The second-order valence-corrected chi connectivity index (χ2v) is 8.74. The van der Waals surface area contributed by atoms with Crippen molar-refractivity contribution in [2.24, 2.45) is 0 Å². The third-order valence-corrected chi connectivity index (χ3v) is 6.66. The molecule has 0 radical (unpaired) electrons. The molecular weight excluding hydrogens is 430 g/mol. The number of Topliss-reactive ketones (excluding diaryl/α,β-unsaturated/α-hetero) is 1. The molecule has 0 aromatic heterocycles. The molecule has 0 bridgehead atoms. The van der Waals surface area contributed by atoms with Crippen LogP contribution in [0.2, 0.25) is 0 Å². The fourth-order valence-corrected chi connectivity index (χ4v) is 4.86. The van der Waals surface area contributed by atoms with E-state index in [1.54, 1.807) is 26.2 Å². The molecule has 34 heavy (non-hydrogen) atoms. The second kappa shape index (κ2) is 8.67. The maximum Gasteiger partial charge on any atom is 0.272 e. The summed E-state index contributed by atoms with van der Waals surface area (Å²) in [5.41, 5.74) is 5.62. The third-order valence-electron chi connectivity index (χ3n) is 6.66. The van der Waals surface area contributed by atoms with Crippen LogP contribution >= 0.6 is 0 Å². The Hall–Kier alpha value is -4.13. The Morgan fingerprint density at radius 3 is 2.38 bits per heavy atom. The van der Waals surface area contributed by atoms with Gasteiger partial charge in [0.15, 0.2) is 5.78 Å². The number of nitrogens with zero attached hydrogens (tertiary/aromatic N) is 1. The molecule has 0 saturated carbocycles. The zero-order valence-corrected chi connectivity index (χ0v) is 19.0. The van der Waals surface area contributed by atoms with Crippen molar-refractivity contribution in [3.05, 3.63) is 105 Å². The SMILES string of the molecule is COc1ccc([C@@H]2CC(=O)C3=C(C2)Nc2ccccc2N[C@@H]3c2ccc(C)c([N+](=O)[O-])c2)cc1. The molecule has 7 heteroatoms. The van der Waals surface area contributed by atoms with Gasteiger partial charge in [0.1, 0.15) is 5.75 Å². The number of anilines is 2. The van der Waals surface area contributed by atoms with E-state index in [4.69, 9.17) is 4.74 Å². The number of allylic oxidation sites excluding steroid dienone is 1. The van der Waals surface area contributed by atoms with Crippen LogP contribution in [0.4, 0.5) is 17.1 Å². The quantitative estimate of drug-likeness (QED) is 0.376. The summed E-state index contributed by atoms with van der Waals surface area (Å²) in [6.45, 7) is 1.72. The fraction of sp³-hybridized carbons (Fsp3) is 0.222. The van der Waals surface area contributed by atoms with Crippen LogP contribution in [0.25, 0.3) is 0 Å². The molecule has 172 valence electrons. The van der Waals surface area contributed by atoms with Crippen molar-refractivity contribution in [2.75, 3.05) is 17.7 Å². The predicted molar refractivity (Wildman–Crippen MR) is 131 cm³/mol. The summed E-state index contributed by atoms with van der Waals surface area (Å²) < 4.78 is 5.27. The first kappa shape index (κ1) is 21.7. The first-order chi connectivity index (χ1) is 16.4. The van der Waals surface area contributed by atoms with E-state index in [2.05, 4.69) is 10.6 Å². The van der Waals surface area contributed by atoms with E-state index in [0.717, 1.165) is 28.4 Å². The number of benzene rings is 3. The zero-order valence-electron chi connectivity index (χ0n) is 19.0. The minimum atomic E-state index is -0.491. The van der Waals surface area contributed by atoms with Crippen molar-refractivity contribution in [1.29, 1.82) is 0 Å². The maximum absolute atomic E-state index is 13.6. The van der Waals surface area contributed by atoms with E-state index in [1.807, 2.05) is 54.6 Å². The van der Waals surface area contributed by atoms with Crippen LogP contribution in [-0.4, -0.2) is 17.8 Å². The Balaban J connectivity index is 1.60. The Kier molecular flexibility index (Phi) is 5.53. The van der Waals surface area contributed by atoms with Crippen LogP contribution in [-0.2, 0) is 4.79 Å². The van der Waals surface area contributed by atoms with Gasteiger partial charge in [0.2, 0.25) is 0 Å². The van der Waals surface area contributed by atoms with Gasteiger partial charge >= 0.3 is 0 Å². The fourth-order valence-electron chi connectivity index (χ4n) is 4.86. The minimum absolute atomic E-state index is 0.0305. The van der Waals surface area contributed by atoms with Crippen LogP contribution in [0.15, 0.2) is 78.0 Å². The summed E-state index contributed by atoms with van der Waals surface area (Å²) in [6.07, 6.45) is 1.03. The first-order valence-electron chi connectivity index (χ1n) is 11.2. The van der Waals surface area contributed by atoms with Gasteiger partial charge in [0.25, 0.3) is 5.69 Å². The predicted octanol–water partition coefficient (Wildman–Crippen LogP) is 5.89. The summed E-state index contributed by atoms with van der Waals surface area (Å²) in [5.74, 6) is 0.837. The maximum atomic E-state index is 13.6. The van der Waals surface area contributed by atoms with Crippen molar-refractivity contribution in [3.8, 4) is 5.75 Å². The van der Waals surface area contributed by atoms with Crippen molar-refractivity contribution in [3.63, 3.8) is 0 Å². The number of carbonyl (C=O) groups is 1. The first-order valence-corrected chi connectivity index (χ1v) is 11.2. The smallest absolute Gasteiger partial charge is 0.272 e. The molecule has 3 aromatic rings. The van der Waals surface area contributed by atoms with Crippen LogP contribution in [0.1, 0.15) is 41.5 Å². The summed E-state index contributed by atoms with van der Waals surface area (Å²) >= 11 is 0. The highest BCUT2D eigenvalue weighted by Gasteiger charge is 2.36. The summed E-state index contributed by atoms with van der Waals surface area (Å²) in [7, 11) is 1.63. The highest BCUT2D eigenvalue weighted by Crippen LogP contribution is 2.44. The average molecular weight is 456 g/mol. The molecule has 0 amide bonds. The van der Waals surface area contributed by atoms with Gasteiger partial charge in [-0.2, -0.15) is 0 Å². The molecule has 1 heterocycles. The van der Waals surface area contributed by atoms with Crippen LogP contribution in [0.3, 0.4) is 0 Å². The van der Waals surface area contributed by atoms with Gasteiger partial charge in [-0.05, 0) is 54.7 Å². The number of fused-ring (bicyclic) bond motifs is 1. The summed E-state index contributed by atoms with van der Waals surface area (Å²) in [5, 5.41) is 18.6. The zero-order chi connectivity index (χ0) is 23.8. The van der Waals surface area contributed by atoms with E-state index in [0.29, 0.717) is 29.5 Å². The van der Waals surface area contributed by atoms with Gasteiger partial charge in [-0.3, -0.25) is 14.9 Å². The number of methoxy groups -OCH3 is 1. The Bertz CT molecular complexity index is 1310. The lowest BCUT2D eigenvalue weighted by molar-refractivity contribution is -0.385. The Morgan fingerprint density at radius 2 is 1.68 bits per heavy atom. The molecule has 2 aliphatic rings. The van der Waals surface area contributed by atoms with Crippen LogP contribution < -0.4 is 15.4 Å². The highest BCUT2D eigenvalue weighted by atomic mass is 16.6. The topological polar surface area (TPSA) is 93.5 Å². The van der Waals surface area contributed by atoms with Gasteiger partial charge in [0, 0.05) is 29.3 Å². The number of nitrogens with one attached hydrogen (secondary N) is 2. The number of rotatable bonds is 4. The second-order valence-electron chi connectivity index (χ2n) is 8.74. The molecule has 7 nitrogen and oxygen atoms in total. The molecular formula is C27H25N3O4. The normalized spacial score (nSPS) is 19.3. The minimum Gasteiger partial charge on any atom is -0.497 e. The van der Waals surface area contributed by atoms with E-state index >= 15 is 0 Å². The van der Waals surface area contributed by atoms with E-state index in [-0.39, 0.29) is 22.3 Å². The van der Waals surface area contributed by atoms with Crippen LogP contribution in [0, 0.1) is 17.0 Å². The summed E-state index contributed by atoms with van der Waals surface area (Å²) in [4.78, 5) is 24.8. The average Bonchev–Trinajstić information content (AvgIpc) is 3.01. The van der Waals surface area contributed by atoms with Gasteiger partial charge in [-0.15, -0.1) is 0 Å². The molecule has 3 aromatic carbocycles. The highest BCUT2D eigenvalue weighted by molar-refractivity contribution is 6.01. The molecule has 0 saturated heterocycles. The monoisotopic (exact) mass is 455 g/mol. The molecule has 0 fully saturated rings. The molecule has 2 atom stereocenters. The standard InChI is InChI=1S/C27H25N3O4/c1-16-7-8-18(14-24(16)30(32)33)27-26-23(28-21-5-3-4-6-22(21)29-27)13-19(15-25(26)31)17-9-11-20(34-2)12-10-17/h3-12,14,19,27-29H,13,15H2,1-2H3/t19-,27+/m0/s1. The summed E-state index contributed by atoms with van der Waals surface area (Å²) in [6, 6.07) is 20.3. The Morgan fingerprint density at radius 1 is 0.971 bits per heavy atom. The molecule has 1 aliphatic heterocycles. The number of para-hydroxylation sites is 2. The number of ketones is 1. The molecule has 2 N–H and O–H groups in total. The molecule has 0 spiro atoms. The van der Waals surface area contributed by atoms with Gasteiger partial charge in [0.05, 0.1) is 29.4 Å². The van der Waals surface area contributed by atoms with Crippen molar-refractivity contribution in [1.82, 2.24) is 0 Å². The number of nitro groups is 1. The van der Waals surface area contributed by atoms with E-state index in [9.17, 15) is 14.9 Å². The Labute approximate surface area is 197 Å². The van der Waals surface area contributed by atoms with E-state index < -0.39 is 6.04 Å². The van der Waals surface area contributed by atoms with Gasteiger partial charge in [-0.25, -0.2) is 0 Å². The van der Waals surface area contributed by atoms with Crippen molar-refractivity contribution < 1.29 is 14.5 Å². The van der Waals surface area contributed by atoms with Gasteiger partial charge in [-0.1, -0.05) is 36.4 Å². The number of ether oxygens (including phenoxy) is 1. The lowest BCUT2D eigenvalue weighted by atomic mass is 9.78.